The predicted molar refractivity (Wildman–Crippen MR) is 125 cm³/mol. The number of amides is 1. The van der Waals surface area contributed by atoms with Crippen molar-refractivity contribution in [2.24, 2.45) is 5.92 Å². The van der Waals surface area contributed by atoms with Gasteiger partial charge in [0.15, 0.2) is 0 Å². The summed E-state index contributed by atoms with van der Waals surface area (Å²) in [5.41, 5.74) is 5.05. The summed E-state index contributed by atoms with van der Waals surface area (Å²) >= 11 is 0. The lowest BCUT2D eigenvalue weighted by Crippen LogP contribution is -2.33. The maximum absolute atomic E-state index is 12.8. The van der Waals surface area contributed by atoms with Crippen LogP contribution in [0.1, 0.15) is 47.7 Å². The number of aryl methyl sites for hydroxylation is 1. The minimum atomic E-state index is -0.0634. The van der Waals surface area contributed by atoms with Crippen molar-refractivity contribution in [3.63, 3.8) is 0 Å². The highest BCUT2D eigenvalue weighted by atomic mass is 16.5. The topological polar surface area (TPSA) is 44.8 Å². The molecule has 0 saturated carbocycles. The highest BCUT2D eigenvalue weighted by Gasteiger charge is 2.28. The van der Waals surface area contributed by atoms with Crippen molar-refractivity contribution in [1.29, 1.82) is 0 Å². The Bertz CT molecular complexity index is 973. The van der Waals surface area contributed by atoms with Crippen LogP contribution in [0.15, 0.2) is 36.4 Å². The summed E-state index contributed by atoms with van der Waals surface area (Å²) in [5, 5.41) is 3.09. The molecule has 31 heavy (non-hydrogen) atoms. The Morgan fingerprint density at radius 3 is 2.87 bits per heavy atom. The van der Waals surface area contributed by atoms with Gasteiger partial charge in [0.2, 0.25) is 0 Å². The normalized spacial score (nSPS) is 23.1. The second-order valence-corrected chi connectivity index (χ2v) is 9.46. The first kappa shape index (κ1) is 20.4. The van der Waals surface area contributed by atoms with E-state index in [9.17, 15) is 4.79 Å². The number of fused-ring (bicyclic) bond motifs is 1. The third-order valence-electron chi connectivity index (χ3n) is 7.24. The SMILES string of the molecule is Cc1cc(N2CCC(CN3CCCC3C)C2)ccc1NC(=O)c1ccc2c(c1)CCO2. The molecule has 2 atom stereocenters. The van der Waals surface area contributed by atoms with E-state index in [1.807, 2.05) is 18.2 Å². The Balaban J connectivity index is 1.21. The molecule has 5 nitrogen and oxygen atoms in total. The maximum Gasteiger partial charge on any atom is 0.255 e. The van der Waals surface area contributed by atoms with E-state index in [-0.39, 0.29) is 5.91 Å². The first-order valence-corrected chi connectivity index (χ1v) is 11.7. The molecule has 2 fully saturated rings. The van der Waals surface area contributed by atoms with Crippen molar-refractivity contribution >= 4 is 17.3 Å². The van der Waals surface area contributed by atoms with E-state index in [1.54, 1.807) is 0 Å². The van der Waals surface area contributed by atoms with Crippen LogP contribution in [0, 0.1) is 12.8 Å². The first-order chi connectivity index (χ1) is 15.1. The van der Waals surface area contributed by atoms with Gasteiger partial charge in [-0.3, -0.25) is 4.79 Å². The number of likely N-dealkylation sites (tertiary alicyclic amines) is 1. The molecule has 5 rings (SSSR count). The third kappa shape index (κ3) is 4.29. The molecule has 0 bridgehead atoms. The van der Waals surface area contributed by atoms with E-state index in [4.69, 9.17) is 4.74 Å². The molecular formula is C26H33N3O2. The molecular weight excluding hydrogens is 386 g/mol. The monoisotopic (exact) mass is 419 g/mol. The first-order valence-electron chi connectivity index (χ1n) is 11.7. The Morgan fingerprint density at radius 1 is 1.16 bits per heavy atom. The van der Waals surface area contributed by atoms with E-state index >= 15 is 0 Å². The largest absolute Gasteiger partial charge is 0.493 e. The van der Waals surface area contributed by atoms with Crippen LogP contribution in [0.25, 0.3) is 0 Å². The Hall–Kier alpha value is -2.53. The summed E-state index contributed by atoms with van der Waals surface area (Å²) in [6, 6.07) is 12.9. The molecule has 2 aromatic rings. The smallest absolute Gasteiger partial charge is 0.255 e. The van der Waals surface area contributed by atoms with E-state index < -0.39 is 0 Å². The molecule has 2 saturated heterocycles. The van der Waals surface area contributed by atoms with Crippen LogP contribution in [0.5, 0.6) is 5.75 Å². The Morgan fingerprint density at radius 2 is 2.06 bits per heavy atom. The number of ether oxygens (including phenoxy) is 1. The van der Waals surface area contributed by atoms with Gasteiger partial charge < -0.3 is 19.9 Å². The van der Waals surface area contributed by atoms with Crippen molar-refractivity contribution in [1.82, 2.24) is 4.90 Å². The van der Waals surface area contributed by atoms with Gasteiger partial charge in [0, 0.05) is 49.0 Å². The lowest BCUT2D eigenvalue weighted by Gasteiger charge is -2.25. The second-order valence-electron chi connectivity index (χ2n) is 9.46. The number of anilines is 2. The molecule has 164 valence electrons. The molecule has 5 heteroatoms. The number of hydrogen-bond acceptors (Lipinski definition) is 4. The van der Waals surface area contributed by atoms with Crippen LogP contribution in [0.4, 0.5) is 11.4 Å². The molecule has 2 aromatic carbocycles. The fourth-order valence-corrected chi connectivity index (χ4v) is 5.32. The van der Waals surface area contributed by atoms with Gasteiger partial charge in [-0.1, -0.05) is 0 Å². The zero-order chi connectivity index (χ0) is 21.4. The molecule has 2 unspecified atom stereocenters. The quantitative estimate of drug-likeness (QED) is 0.775. The molecule has 1 amide bonds. The second kappa shape index (κ2) is 8.54. The van der Waals surface area contributed by atoms with Crippen LogP contribution < -0.4 is 15.0 Å². The lowest BCUT2D eigenvalue weighted by molar-refractivity contribution is 0.102. The highest BCUT2D eigenvalue weighted by molar-refractivity contribution is 6.05. The Kier molecular flexibility index (Phi) is 5.61. The average molecular weight is 420 g/mol. The summed E-state index contributed by atoms with van der Waals surface area (Å²) in [4.78, 5) is 17.9. The molecule has 3 aliphatic rings. The molecule has 3 heterocycles. The molecule has 0 spiro atoms. The number of carbonyl (C=O) groups is 1. The zero-order valence-electron chi connectivity index (χ0n) is 18.7. The van der Waals surface area contributed by atoms with Gasteiger partial charge in [-0.25, -0.2) is 0 Å². The number of nitrogens with one attached hydrogen (secondary N) is 1. The summed E-state index contributed by atoms with van der Waals surface area (Å²) in [5.74, 6) is 1.59. The molecule has 0 aromatic heterocycles. The van der Waals surface area contributed by atoms with Gasteiger partial charge in [-0.15, -0.1) is 0 Å². The summed E-state index contributed by atoms with van der Waals surface area (Å²) in [6.45, 7) is 9.90. The molecule has 1 N–H and O–H groups in total. The third-order valence-corrected chi connectivity index (χ3v) is 7.24. The van der Waals surface area contributed by atoms with Crippen molar-refractivity contribution in [2.75, 3.05) is 43.0 Å². The molecule has 0 aliphatic carbocycles. The zero-order valence-corrected chi connectivity index (χ0v) is 18.7. The van der Waals surface area contributed by atoms with Crippen molar-refractivity contribution in [2.45, 2.75) is 45.6 Å². The van der Waals surface area contributed by atoms with Gasteiger partial charge in [0.05, 0.1) is 6.61 Å². The number of nitrogens with zero attached hydrogens (tertiary/aromatic N) is 2. The van der Waals surface area contributed by atoms with Crippen molar-refractivity contribution in [3.05, 3.63) is 53.1 Å². The van der Waals surface area contributed by atoms with Crippen molar-refractivity contribution in [3.8, 4) is 5.75 Å². The molecule has 0 radical (unpaired) electrons. The number of benzene rings is 2. The van der Waals surface area contributed by atoms with Crippen molar-refractivity contribution < 1.29 is 9.53 Å². The predicted octanol–water partition coefficient (Wildman–Crippen LogP) is 4.49. The lowest BCUT2D eigenvalue weighted by atomic mass is 10.1. The van der Waals surface area contributed by atoms with E-state index in [1.165, 1.54) is 38.0 Å². The minimum Gasteiger partial charge on any atom is -0.493 e. The van der Waals surface area contributed by atoms with Crippen LogP contribution in [0.3, 0.4) is 0 Å². The highest BCUT2D eigenvalue weighted by Crippen LogP contribution is 2.30. The summed E-state index contributed by atoms with van der Waals surface area (Å²) in [7, 11) is 0. The average Bonchev–Trinajstić information content (AvgIpc) is 3.51. The molecule has 3 aliphatic heterocycles. The standard InChI is InChI=1S/C26H33N3O2/c1-18-14-23(29-12-9-20(17-29)16-28-11-3-4-19(28)2)6-7-24(18)27-26(30)22-5-8-25-21(15-22)10-13-31-25/h5-8,14-15,19-20H,3-4,9-13,16-17H2,1-2H3,(H,27,30). The van der Waals surface area contributed by atoms with Crippen LogP contribution in [-0.4, -0.2) is 49.6 Å². The van der Waals surface area contributed by atoms with Crippen LogP contribution in [0.2, 0.25) is 0 Å². The fourth-order valence-electron chi connectivity index (χ4n) is 5.32. The minimum absolute atomic E-state index is 0.0634. The number of hydrogen-bond donors (Lipinski definition) is 1. The van der Waals surface area contributed by atoms with Gasteiger partial charge in [0.25, 0.3) is 5.91 Å². The van der Waals surface area contributed by atoms with Gasteiger partial charge in [-0.05, 0) is 93.1 Å². The van der Waals surface area contributed by atoms with Crippen LogP contribution in [-0.2, 0) is 6.42 Å². The van der Waals surface area contributed by atoms with E-state index in [0.717, 1.165) is 54.0 Å². The van der Waals surface area contributed by atoms with Gasteiger partial charge in [0.1, 0.15) is 5.75 Å². The van der Waals surface area contributed by atoms with E-state index in [0.29, 0.717) is 12.2 Å². The number of rotatable bonds is 5. The van der Waals surface area contributed by atoms with Gasteiger partial charge in [-0.2, -0.15) is 0 Å². The fraction of sp³-hybridized carbons (Fsp3) is 0.500. The van der Waals surface area contributed by atoms with E-state index in [2.05, 4.69) is 47.2 Å². The maximum atomic E-state index is 12.8. The van der Waals surface area contributed by atoms with Crippen LogP contribution >= 0.6 is 0 Å². The Labute approximate surface area is 185 Å². The number of carbonyl (C=O) groups excluding carboxylic acids is 1. The summed E-state index contributed by atoms with van der Waals surface area (Å²) < 4.78 is 5.54. The van der Waals surface area contributed by atoms with Gasteiger partial charge >= 0.3 is 0 Å². The summed E-state index contributed by atoms with van der Waals surface area (Å²) in [6.07, 6.45) is 4.84.